The molecule has 0 atom stereocenters. The molecule has 0 radical (unpaired) electrons. The number of carbonyl (C=O) groups excluding carboxylic acids is 1. The third-order valence-electron chi connectivity index (χ3n) is 8.43. The molecule has 1 heterocycles. The molecule has 1 aliphatic heterocycles. The maximum Gasteiger partial charge on any atom is 0.248 e. The zero-order valence-electron chi connectivity index (χ0n) is 24.5. The van der Waals surface area contributed by atoms with Gasteiger partial charge in [0, 0.05) is 37.2 Å². The first-order valence-electron chi connectivity index (χ1n) is 15.3. The Balaban J connectivity index is 1.25. The van der Waals surface area contributed by atoms with Crippen LogP contribution in [0.3, 0.4) is 0 Å². The fourth-order valence-electron chi connectivity index (χ4n) is 6.07. The quantitative estimate of drug-likeness (QED) is 0.181. The largest absolute Gasteiger partial charge is 0.494 e. The molecule has 218 valence electrons. The van der Waals surface area contributed by atoms with Crippen LogP contribution in [-0.4, -0.2) is 61.1 Å². The van der Waals surface area contributed by atoms with E-state index in [0.29, 0.717) is 29.9 Å². The van der Waals surface area contributed by atoms with Gasteiger partial charge in [0.05, 0.1) is 6.61 Å². The fourth-order valence-corrected chi connectivity index (χ4v) is 6.07. The molecule has 5 nitrogen and oxygen atoms in total. The molecular weight excluding hydrogens is 518 g/mol. The molecule has 1 amide bonds. The van der Waals surface area contributed by atoms with Crippen LogP contribution in [-0.2, 0) is 6.42 Å². The van der Waals surface area contributed by atoms with Crippen molar-refractivity contribution < 1.29 is 9.53 Å². The fraction of sp³-hybridized carbons (Fsp3) is 0.324. The molecule has 5 heteroatoms. The SMILES string of the molecule is NC(=O)c1cccc(OCCCN(CC(c2ccccc2)c2ccccc2)C2CCN(CCc3ccccc3)CC2)c1. The van der Waals surface area contributed by atoms with Gasteiger partial charge >= 0.3 is 0 Å². The number of rotatable bonds is 14. The molecule has 0 aliphatic carbocycles. The Bertz CT molecular complexity index is 1320. The van der Waals surface area contributed by atoms with E-state index in [1.807, 2.05) is 12.1 Å². The van der Waals surface area contributed by atoms with E-state index < -0.39 is 5.91 Å². The van der Waals surface area contributed by atoms with Gasteiger partial charge in [-0.25, -0.2) is 0 Å². The number of carbonyl (C=O) groups is 1. The smallest absolute Gasteiger partial charge is 0.248 e. The number of nitrogens with two attached hydrogens (primary N) is 1. The van der Waals surface area contributed by atoms with Gasteiger partial charge in [-0.3, -0.25) is 9.69 Å². The van der Waals surface area contributed by atoms with E-state index in [0.717, 1.165) is 45.6 Å². The molecule has 0 bridgehead atoms. The number of ether oxygens (including phenoxy) is 1. The van der Waals surface area contributed by atoms with E-state index >= 15 is 0 Å². The highest BCUT2D eigenvalue weighted by molar-refractivity contribution is 5.93. The number of likely N-dealkylation sites (tertiary alicyclic amines) is 1. The van der Waals surface area contributed by atoms with Crippen molar-refractivity contribution in [3.8, 4) is 5.75 Å². The van der Waals surface area contributed by atoms with Gasteiger partial charge < -0.3 is 15.4 Å². The van der Waals surface area contributed by atoms with Gasteiger partial charge in [-0.2, -0.15) is 0 Å². The lowest BCUT2D eigenvalue weighted by Crippen LogP contribution is -2.47. The van der Waals surface area contributed by atoms with Crippen molar-refractivity contribution in [3.05, 3.63) is 138 Å². The number of piperidine rings is 1. The lowest BCUT2D eigenvalue weighted by atomic mass is 9.89. The molecule has 0 unspecified atom stereocenters. The minimum Gasteiger partial charge on any atom is -0.494 e. The Kier molecular flexibility index (Phi) is 10.8. The first-order chi connectivity index (χ1) is 20.7. The van der Waals surface area contributed by atoms with Crippen LogP contribution in [0.4, 0.5) is 0 Å². The summed E-state index contributed by atoms with van der Waals surface area (Å²) in [6.45, 7) is 5.90. The highest BCUT2D eigenvalue weighted by atomic mass is 16.5. The highest BCUT2D eigenvalue weighted by Gasteiger charge is 2.27. The molecule has 4 aromatic rings. The molecule has 0 spiro atoms. The van der Waals surface area contributed by atoms with Crippen molar-refractivity contribution in [2.45, 2.75) is 37.6 Å². The highest BCUT2D eigenvalue weighted by Crippen LogP contribution is 2.28. The van der Waals surface area contributed by atoms with Crippen LogP contribution in [0, 0.1) is 0 Å². The molecule has 0 aromatic heterocycles. The number of amides is 1. The number of nitrogens with zero attached hydrogens (tertiary/aromatic N) is 2. The molecule has 2 N–H and O–H groups in total. The van der Waals surface area contributed by atoms with E-state index in [1.165, 1.54) is 29.5 Å². The predicted octanol–water partition coefficient (Wildman–Crippen LogP) is 6.40. The number of hydrogen-bond acceptors (Lipinski definition) is 4. The Labute approximate surface area is 250 Å². The number of benzene rings is 4. The minimum absolute atomic E-state index is 0.302. The van der Waals surface area contributed by atoms with Gasteiger partial charge in [0.1, 0.15) is 5.75 Å². The van der Waals surface area contributed by atoms with E-state index in [9.17, 15) is 4.79 Å². The van der Waals surface area contributed by atoms with Crippen molar-refractivity contribution >= 4 is 5.91 Å². The van der Waals surface area contributed by atoms with Gasteiger partial charge in [0.2, 0.25) is 5.91 Å². The zero-order chi connectivity index (χ0) is 29.0. The van der Waals surface area contributed by atoms with Gasteiger partial charge in [-0.15, -0.1) is 0 Å². The lowest BCUT2D eigenvalue weighted by molar-refractivity contribution is 0.0995. The molecular formula is C37H43N3O2. The normalized spacial score (nSPS) is 14.3. The van der Waals surface area contributed by atoms with Gasteiger partial charge in [0.25, 0.3) is 0 Å². The monoisotopic (exact) mass is 561 g/mol. The minimum atomic E-state index is -0.436. The van der Waals surface area contributed by atoms with Crippen LogP contribution < -0.4 is 10.5 Å². The maximum absolute atomic E-state index is 11.6. The van der Waals surface area contributed by atoms with E-state index in [2.05, 4.69) is 101 Å². The molecule has 0 saturated carbocycles. The van der Waals surface area contributed by atoms with Crippen LogP contribution in [0.1, 0.15) is 52.2 Å². The summed E-state index contributed by atoms with van der Waals surface area (Å²) in [6, 6.07) is 40.3. The van der Waals surface area contributed by atoms with E-state index in [-0.39, 0.29) is 0 Å². The van der Waals surface area contributed by atoms with Crippen molar-refractivity contribution in [1.29, 1.82) is 0 Å². The molecule has 4 aromatic carbocycles. The van der Waals surface area contributed by atoms with Gasteiger partial charge in [-0.05, 0) is 73.7 Å². The Hall–Kier alpha value is -3.93. The first kappa shape index (κ1) is 29.6. The van der Waals surface area contributed by atoms with Crippen molar-refractivity contribution in [2.24, 2.45) is 5.73 Å². The Morgan fingerprint density at radius 3 is 2.07 bits per heavy atom. The van der Waals surface area contributed by atoms with Crippen LogP contribution in [0.25, 0.3) is 0 Å². The van der Waals surface area contributed by atoms with Crippen molar-refractivity contribution in [3.63, 3.8) is 0 Å². The van der Waals surface area contributed by atoms with E-state index in [4.69, 9.17) is 10.5 Å². The second kappa shape index (κ2) is 15.3. The summed E-state index contributed by atoms with van der Waals surface area (Å²) in [6.07, 6.45) is 4.36. The summed E-state index contributed by atoms with van der Waals surface area (Å²) in [5, 5.41) is 0. The van der Waals surface area contributed by atoms with Crippen LogP contribution >= 0.6 is 0 Å². The van der Waals surface area contributed by atoms with Gasteiger partial charge in [0.15, 0.2) is 0 Å². The molecule has 42 heavy (non-hydrogen) atoms. The third kappa shape index (κ3) is 8.54. The second-order valence-electron chi connectivity index (χ2n) is 11.3. The summed E-state index contributed by atoms with van der Waals surface area (Å²) in [7, 11) is 0. The Morgan fingerprint density at radius 2 is 1.45 bits per heavy atom. The molecule has 1 aliphatic rings. The second-order valence-corrected chi connectivity index (χ2v) is 11.3. The number of primary amides is 1. The standard InChI is InChI=1S/C37H43N3O2/c38-37(41)33-18-10-19-35(28-33)42-27-11-23-40(29-36(31-14-6-2-7-15-31)32-16-8-3-9-17-32)34-21-25-39(26-22-34)24-20-30-12-4-1-5-13-30/h1-10,12-19,28,34,36H,11,20-27,29H2,(H2,38,41). The van der Waals surface area contributed by atoms with Crippen LogP contribution in [0.2, 0.25) is 0 Å². The Morgan fingerprint density at radius 1 is 0.833 bits per heavy atom. The topological polar surface area (TPSA) is 58.8 Å². The predicted molar refractivity (Wildman–Crippen MR) is 171 cm³/mol. The van der Waals surface area contributed by atoms with Crippen LogP contribution in [0.15, 0.2) is 115 Å². The maximum atomic E-state index is 11.6. The summed E-state index contributed by atoms with van der Waals surface area (Å²) in [4.78, 5) is 16.9. The lowest BCUT2D eigenvalue weighted by Gasteiger charge is -2.40. The average Bonchev–Trinajstić information content (AvgIpc) is 3.05. The molecule has 5 rings (SSSR count). The van der Waals surface area contributed by atoms with Gasteiger partial charge in [-0.1, -0.05) is 97.1 Å². The van der Waals surface area contributed by atoms with Crippen LogP contribution in [0.5, 0.6) is 5.75 Å². The molecule has 1 fully saturated rings. The first-order valence-corrected chi connectivity index (χ1v) is 15.3. The average molecular weight is 562 g/mol. The number of hydrogen-bond donors (Lipinski definition) is 1. The summed E-state index contributed by atoms with van der Waals surface area (Å²) >= 11 is 0. The molecule has 1 saturated heterocycles. The van der Waals surface area contributed by atoms with Crippen molar-refractivity contribution in [2.75, 3.05) is 39.3 Å². The zero-order valence-corrected chi connectivity index (χ0v) is 24.5. The summed E-state index contributed by atoms with van der Waals surface area (Å²) in [5.41, 5.74) is 10.1. The van der Waals surface area contributed by atoms with Crippen molar-refractivity contribution in [1.82, 2.24) is 9.80 Å². The van der Waals surface area contributed by atoms with E-state index in [1.54, 1.807) is 12.1 Å². The summed E-state index contributed by atoms with van der Waals surface area (Å²) in [5.74, 6) is 0.558. The summed E-state index contributed by atoms with van der Waals surface area (Å²) < 4.78 is 6.06. The third-order valence-corrected chi connectivity index (χ3v) is 8.43.